The molecule has 0 bridgehead atoms. The van der Waals surface area contributed by atoms with E-state index in [9.17, 15) is 5.11 Å². The summed E-state index contributed by atoms with van der Waals surface area (Å²) < 4.78 is 2.24. The van der Waals surface area contributed by atoms with Crippen LogP contribution in [-0.4, -0.2) is 9.67 Å². The standard InChI is InChI=1S/C12H21NO/c1-9(2)7-11-5-6-12(8-14)13(11)10(3)4/h5-6,9-10,14H,7-8H2,1-4H3. The van der Waals surface area contributed by atoms with Gasteiger partial charge in [-0.05, 0) is 38.3 Å². The van der Waals surface area contributed by atoms with Crippen molar-refractivity contribution in [3.8, 4) is 0 Å². The van der Waals surface area contributed by atoms with Gasteiger partial charge in [-0.3, -0.25) is 0 Å². The van der Waals surface area contributed by atoms with Crippen LogP contribution >= 0.6 is 0 Å². The molecule has 1 N–H and O–H groups in total. The van der Waals surface area contributed by atoms with E-state index in [0.29, 0.717) is 12.0 Å². The maximum atomic E-state index is 9.19. The Hall–Kier alpha value is -0.760. The number of aliphatic hydroxyl groups is 1. The quantitative estimate of drug-likeness (QED) is 0.785. The zero-order chi connectivity index (χ0) is 10.7. The van der Waals surface area contributed by atoms with Crippen LogP contribution in [0.5, 0.6) is 0 Å². The molecule has 14 heavy (non-hydrogen) atoms. The zero-order valence-electron chi connectivity index (χ0n) is 9.62. The van der Waals surface area contributed by atoms with Crippen LogP contribution in [0, 0.1) is 5.92 Å². The summed E-state index contributed by atoms with van der Waals surface area (Å²) in [5, 5.41) is 9.19. The van der Waals surface area contributed by atoms with Gasteiger partial charge in [0.1, 0.15) is 0 Å². The van der Waals surface area contributed by atoms with E-state index >= 15 is 0 Å². The van der Waals surface area contributed by atoms with Gasteiger partial charge in [0, 0.05) is 17.4 Å². The van der Waals surface area contributed by atoms with E-state index in [1.165, 1.54) is 5.69 Å². The molecule has 0 atom stereocenters. The highest BCUT2D eigenvalue weighted by Gasteiger charge is 2.10. The average molecular weight is 195 g/mol. The van der Waals surface area contributed by atoms with Crippen molar-refractivity contribution in [2.75, 3.05) is 0 Å². The van der Waals surface area contributed by atoms with E-state index in [1.54, 1.807) is 0 Å². The van der Waals surface area contributed by atoms with Crippen LogP contribution in [0.15, 0.2) is 12.1 Å². The van der Waals surface area contributed by atoms with Crippen LogP contribution in [0.3, 0.4) is 0 Å². The molecule has 80 valence electrons. The van der Waals surface area contributed by atoms with Crippen molar-refractivity contribution in [3.63, 3.8) is 0 Å². The number of rotatable bonds is 4. The Morgan fingerprint density at radius 2 is 1.71 bits per heavy atom. The zero-order valence-corrected chi connectivity index (χ0v) is 9.62. The van der Waals surface area contributed by atoms with Crippen molar-refractivity contribution in [1.29, 1.82) is 0 Å². The highest BCUT2D eigenvalue weighted by atomic mass is 16.3. The van der Waals surface area contributed by atoms with Crippen molar-refractivity contribution in [1.82, 2.24) is 4.57 Å². The van der Waals surface area contributed by atoms with Gasteiger partial charge in [0.05, 0.1) is 6.61 Å². The number of hydrogen-bond acceptors (Lipinski definition) is 1. The average Bonchev–Trinajstić information content (AvgIpc) is 2.46. The Morgan fingerprint density at radius 1 is 1.14 bits per heavy atom. The summed E-state index contributed by atoms with van der Waals surface area (Å²) in [7, 11) is 0. The van der Waals surface area contributed by atoms with Crippen LogP contribution < -0.4 is 0 Å². The third kappa shape index (κ3) is 2.38. The first kappa shape index (κ1) is 11.3. The molecule has 1 aromatic rings. The molecule has 2 nitrogen and oxygen atoms in total. The molecular weight excluding hydrogens is 174 g/mol. The lowest BCUT2D eigenvalue weighted by molar-refractivity contribution is 0.267. The Kier molecular flexibility index (Phi) is 3.76. The molecule has 0 fully saturated rings. The van der Waals surface area contributed by atoms with Crippen LogP contribution in [0.4, 0.5) is 0 Å². The molecule has 2 heteroatoms. The summed E-state index contributed by atoms with van der Waals surface area (Å²) in [5.74, 6) is 0.661. The van der Waals surface area contributed by atoms with Crippen molar-refractivity contribution < 1.29 is 5.11 Å². The minimum atomic E-state index is 0.135. The molecule has 1 heterocycles. The summed E-state index contributed by atoms with van der Waals surface area (Å²) in [6, 6.07) is 4.59. The van der Waals surface area contributed by atoms with Gasteiger partial charge in [-0.2, -0.15) is 0 Å². The molecule has 0 amide bonds. The summed E-state index contributed by atoms with van der Waals surface area (Å²) in [4.78, 5) is 0. The van der Waals surface area contributed by atoms with Gasteiger partial charge in [0.25, 0.3) is 0 Å². The first-order chi connectivity index (χ1) is 6.56. The molecule has 1 rings (SSSR count). The second-order valence-corrected chi connectivity index (χ2v) is 4.54. The molecule has 0 unspecified atom stereocenters. The van der Waals surface area contributed by atoms with Gasteiger partial charge in [-0.1, -0.05) is 13.8 Å². The van der Waals surface area contributed by atoms with Crippen LogP contribution in [0.2, 0.25) is 0 Å². The fourth-order valence-electron chi connectivity index (χ4n) is 1.91. The number of aromatic nitrogens is 1. The number of aliphatic hydroxyl groups excluding tert-OH is 1. The summed E-state index contributed by atoms with van der Waals surface area (Å²) in [5.41, 5.74) is 2.36. The molecular formula is C12H21NO. The molecule has 1 aromatic heterocycles. The minimum Gasteiger partial charge on any atom is -0.390 e. The van der Waals surface area contributed by atoms with Crippen LogP contribution in [0.1, 0.15) is 45.1 Å². The molecule has 0 aromatic carbocycles. The van der Waals surface area contributed by atoms with Crippen molar-refractivity contribution in [2.45, 2.75) is 46.8 Å². The predicted molar refractivity (Wildman–Crippen MR) is 59.3 cm³/mol. The largest absolute Gasteiger partial charge is 0.390 e. The fourth-order valence-corrected chi connectivity index (χ4v) is 1.91. The van der Waals surface area contributed by atoms with Gasteiger partial charge in [-0.25, -0.2) is 0 Å². The minimum absolute atomic E-state index is 0.135. The van der Waals surface area contributed by atoms with E-state index in [1.807, 2.05) is 6.07 Å². The number of nitrogens with zero attached hydrogens (tertiary/aromatic N) is 1. The topological polar surface area (TPSA) is 25.2 Å². The van der Waals surface area contributed by atoms with E-state index in [2.05, 4.69) is 38.3 Å². The SMILES string of the molecule is CC(C)Cc1ccc(CO)n1C(C)C. The fraction of sp³-hybridized carbons (Fsp3) is 0.667. The Bertz CT molecular complexity index is 287. The maximum Gasteiger partial charge on any atom is 0.0833 e. The van der Waals surface area contributed by atoms with E-state index in [-0.39, 0.29) is 6.61 Å². The lowest BCUT2D eigenvalue weighted by atomic mass is 10.1. The first-order valence-electron chi connectivity index (χ1n) is 5.36. The van der Waals surface area contributed by atoms with E-state index in [0.717, 1.165) is 12.1 Å². The van der Waals surface area contributed by atoms with Crippen LogP contribution in [0.25, 0.3) is 0 Å². The molecule has 0 aliphatic carbocycles. The third-order valence-corrected chi connectivity index (χ3v) is 2.38. The van der Waals surface area contributed by atoms with Gasteiger partial charge in [0.2, 0.25) is 0 Å². The first-order valence-corrected chi connectivity index (χ1v) is 5.36. The van der Waals surface area contributed by atoms with Gasteiger partial charge >= 0.3 is 0 Å². The smallest absolute Gasteiger partial charge is 0.0833 e. The van der Waals surface area contributed by atoms with Crippen LogP contribution in [-0.2, 0) is 13.0 Å². The molecule has 0 aliphatic rings. The Labute approximate surface area is 86.6 Å². The molecule has 0 radical (unpaired) electrons. The lowest BCUT2D eigenvalue weighted by Crippen LogP contribution is -2.11. The maximum absolute atomic E-state index is 9.19. The summed E-state index contributed by atoms with van der Waals surface area (Å²) in [6.07, 6.45) is 1.08. The second kappa shape index (κ2) is 4.65. The van der Waals surface area contributed by atoms with Crippen molar-refractivity contribution in [2.24, 2.45) is 5.92 Å². The molecule has 0 spiro atoms. The highest BCUT2D eigenvalue weighted by molar-refractivity contribution is 5.17. The Balaban J connectivity index is 2.98. The highest BCUT2D eigenvalue weighted by Crippen LogP contribution is 2.19. The van der Waals surface area contributed by atoms with Crippen molar-refractivity contribution >= 4 is 0 Å². The molecule has 0 saturated heterocycles. The molecule has 0 aliphatic heterocycles. The predicted octanol–water partition coefficient (Wildman–Crippen LogP) is 2.76. The van der Waals surface area contributed by atoms with E-state index in [4.69, 9.17) is 0 Å². The lowest BCUT2D eigenvalue weighted by Gasteiger charge is -2.17. The van der Waals surface area contributed by atoms with Gasteiger partial charge < -0.3 is 9.67 Å². The monoisotopic (exact) mass is 195 g/mol. The summed E-state index contributed by atoms with van der Waals surface area (Å²) >= 11 is 0. The van der Waals surface area contributed by atoms with Gasteiger partial charge in [0.15, 0.2) is 0 Å². The normalized spacial score (nSPS) is 11.6. The summed E-state index contributed by atoms with van der Waals surface area (Å²) in [6.45, 7) is 8.88. The Morgan fingerprint density at radius 3 is 2.14 bits per heavy atom. The molecule has 0 saturated carbocycles. The number of hydrogen-bond donors (Lipinski definition) is 1. The van der Waals surface area contributed by atoms with E-state index < -0.39 is 0 Å². The third-order valence-electron chi connectivity index (χ3n) is 2.38. The van der Waals surface area contributed by atoms with Crippen molar-refractivity contribution in [3.05, 3.63) is 23.5 Å². The second-order valence-electron chi connectivity index (χ2n) is 4.54. The van der Waals surface area contributed by atoms with Gasteiger partial charge in [-0.15, -0.1) is 0 Å².